The van der Waals surface area contributed by atoms with Gasteiger partial charge in [-0.05, 0) is 37.7 Å². The van der Waals surface area contributed by atoms with E-state index in [1.165, 1.54) is 38.5 Å². The van der Waals surface area contributed by atoms with Crippen molar-refractivity contribution in [3.8, 4) is 0 Å². The fraction of sp³-hybridized carbons (Fsp3) is 0.800. The molecule has 0 saturated heterocycles. The van der Waals surface area contributed by atoms with Crippen LogP contribution in [0.5, 0.6) is 0 Å². The van der Waals surface area contributed by atoms with E-state index < -0.39 is 10.8 Å². The lowest BCUT2D eigenvalue weighted by molar-refractivity contribution is -0.132. The van der Waals surface area contributed by atoms with E-state index in [2.05, 4.69) is 45.9 Å². The minimum absolute atomic E-state index is 0.125. The fourth-order valence-corrected chi connectivity index (χ4v) is 7.38. The zero-order valence-electron chi connectivity index (χ0n) is 21.4. The molecule has 0 radical (unpaired) electrons. The Bertz CT molecular complexity index is 731. The Balaban J connectivity index is 2.05. The number of allylic oxidation sites excluding steroid dienone is 4. The van der Waals surface area contributed by atoms with E-state index in [1.54, 1.807) is 0 Å². The second-order valence-corrected chi connectivity index (χ2v) is 11.0. The first-order valence-electron chi connectivity index (χ1n) is 14.0. The van der Waals surface area contributed by atoms with Crippen molar-refractivity contribution in [1.29, 1.82) is 0 Å². The van der Waals surface area contributed by atoms with Gasteiger partial charge in [0.1, 0.15) is 0 Å². The van der Waals surface area contributed by atoms with E-state index in [4.69, 9.17) is 0 Å². The van der Waals surface area contributed by atoms with E-state index in [-0.39, 0.29) is 11.3 Å². The summed E-state index contributed by atoms with van der Waals surface area (Å²) in [5.74, 6) is 0.625. The Labute approximate surface area is 197 Å². The Morgan fingerprint density at radius 2 is 1.25 bits per heavy atom. The van der Waals surface area contributed by atoms with Gasteiger partial charge in [0.15, 0.2) is 11.6 Å². The van der Waals surface area contributed by atoms with Gasteiger partial charge < -0.3 is 0 Å². The van der Waals surface area contributed by atoms with Gasteiger partial charge in [-0.25, -0.2) is 0 Å². The fourth-order valence-electron chi connectivity index (χ4n) is 7.38. The zero-order valence-corrected chi connectivity index (χ0v) is 21.4. The standard InChI is InChI=1S/C30H48O2/c1-5-9-13-17-24-23-30(20-16-12-8-4)26(25(24)31)28(18-14-10-6-2)21-22-29(30,27(28)32)19-15-11-7-3/h21-23,26H,5-20H2,1-4H3/t26-,28+,29+,30-/m1/s1. The molecule has 4 atom stereocenters. The van der Waals surface area contributed by atoms with Crippen molar-refractivity contribution >= 4 is 11.6 Å². The van der Waals surface area contributed by atoms with Gasteiger partial charge in [0.2, 0.25) is 0 Å². The van der Waals surface area contributed by atoms with Crippen molar-refractivity contribution in [2.24, 2.45) is 22.2 Å². The van der Waals surface area contributed by atoms with Crippen molar-refractivity contribution in [2.75, 3.05) is 0 Å². The van der Waals surface area contributed by atoms with Crippen LogP contribution in [0.15, 0.2) is 23.8 Å². The molecule has 0 aromatic heterocycles. The van der Waals surface area contributed by atoms with Crippen molar-refractivity contribution in [3.05, 3.63) is 23.8 Å². The van der Waals surface area contributed by atoms with Crippen molar-refractivity contribution in [3.63, 3.8) is 0 Å². The number of fused-ring (bicyclic) bond motifs is 5. The number of ketones is 2. The molecule has 0 spiro atoms. The van der Waals surface area contributed by atoms with E-state index in [1.807, 2.05) is 0 Å². The largest absolute Gasteiger partial charge is 0.298 e. The van der Waals surface area contributed by atoms with Gasteiger partial charge >= 0.3 is 0 Å². The van der Waals surface area contributed by atoms with Gasteiger partial charge in [-0.2, -0.15) is 0 Å². The minimum Gasteiger partial charge on any atom is -0.298 e. The van der Waals surface area contributed by atoms with Crippen molar-refractivity contribution < 1.29 is 9.59 Å². The normalized spacial score (nSPS) is 32.8. The van der Waals surface area contributed by atoms with Crippen LogP contribution in [0.25, 0.3) is 0 Å². The number of carbonyl (C=O) groups is 2. The highest BCUT2D eigenvalue weighted by Crippen LogP contribution is 2.75. The second kappa shape index (κ2) is 10.8. The Kier molecular flexibility index (Phi) is 8.61. The molecule has 1 fully saturated rings. The van der Waals surface area contributed by atoms with Gasteiger partial charge in [-0.1, -0.05) is 117 Å². The second-order valence-electron chi connectivity index (χ2n) is 11.0. The van der Waals surface area contributed by atoms with Crippen LogP contribution in [0.4, 0.5) is 0 Å². The molecule has 2 heteroatoms. The Morgan fingerprint density at radius 3 is 1.88 bits per heavy atom. The Hall–Kier alpha value is -1.18. The highest BCUT2D eigenvalue weighted by atomic mass is 16.1. The maximum atomic E-state index is 14.3. The highest BCUT2D eigenvalue weighted by molar-refractivity contribution is 6.13. The van der Waals surface area contributed by atoms with Crippen LogP contribution in [0.1, 0.15) is 130 Å². The molecule has 1 saturated carbocycles. The molecule has 2 bridgehead atoms. The smallest absolute Gasteiger partial charge is 0.163 e. The third kappa shape index (κ3) is 3.98. The van der Waals surface area contributed by atoms with E-state index in [0.717, 1.165) is 69.8 Å². The summed E-state index contributed by atoms with van der Waals surface area (Å²) in [5, 5.41) is 0. The number of Topliss-reactive ketones (excluding diaryl/α,β-unsaturated/α-hetero) is 2. The lowest BCUT2D eigenvalue weighted by Gasteiger charge is -2.44. The summed E-state index contributed by atoms with van der Waals surface area (Å²) in [4.78, 5) is 28.3. The predicted molar refractivity (Wildman–Crippen MR) is 135 cm³/mol. The number of hydrogen-bond donors (Lipinski definition) is 0. The van der Waals surface area contributed by atoms with E-state index >= 15 is 0 Å². The van der Waals surface area contributed by atoms with Gasteiger partial charge in [-0.15, -0.1) is 0 Å². The van der Waals surface area contributed by atoms with Gasteiger partial charge in [-0.3, -0.25) is 9.59 Å². The zero-order chi connectivity index (χ0) is 23.2. The van der Waals surface area contributed by atoms with Crippen LogP contribution >= 0.6 is 0 Å². The first kappa shape index (κ1) is 25.4. The molecule has 0 amide bonds. The molecule has 180 valence electrons. The van der Waals surface area contributed by atoms with Crippen molar-refractivity contribution in [1.82, 2.24) is 0 Å². The molecule has 0 aromatic rings. The molecule has 0 unspecified atom stereocenters. The molecule has 2 nitrogen and oxygen atoms in total. The SMILES string of the molecule is CCCCCC1=C[C@]2(CCCCC)[C@H](C1=O)[C@]1(CCCCC)C=C[C@@]2(CCCCC)C1=O. The first-order valence-corrected chi connectivity index (χ1v) is 14.0. The molecule has 0 N–H and O–H groups in total. The molecule has 3 aliphatic carbocycles. The third-order valence-corrected chi connectivity index (χ3v) is 8.98. The molecule has 32 heavy (non-hydrogen) atoms. The Morgan fingerprint density at radius 1 is 0.688 bits per heavy atom. The molecular weight excluding hydrogens is 392 g/mol. The number of rotatable bonds is 16. The maximum absolute atomic E-state index is 14.3. The van der Waals surface area contributed by atoms with Crippen LogP contribution in [0.2, 0.25) is 0 Å². The lowest BCUT2D eigenvalue weighted by atomic mass is 9.56. The molecular formula is C30H48O2. The third-order valence-electron chi connectivity index (χ3n) is 8.98. The monoisotopic (exact) mass is 440 g/mol. The van der Waals surface area contributed by atoms with Gasteiger partial charge in [0, 0.05) is 11.3 Å². The van der Waals surface area contributed by atoms with Crippen molar-refractivity contribution in [2.45, 2.75) is 130 Å². The molecule has 0 aliphatic heterocycles. The maximum Gasteiger partial charge on any atom is 0.163 e. The minimum atomic E-state index is -0.534. The van der Waals surface area contributed by atoms with Gasteiger partial charge in [0.05, 0.1) is 10.8 Å². The van der Waals surface area contributed by atoms with Crippen LogP contribution in [-0.2, 0) is 9.59 Å². The topological polar surface area (TPSA) is 34.1 Å². The van der Waals surface area contributed by atoms with Crippen LogP contribution in [0.3, 0.4) is 0 Å². The predicted octanol–water partition coefficient (Wildman–Crippen LogP) is 8.54. The highest BCUT2D eigenvalue weighted by Gasteiger charge is 2.77. The summed E-state index contributed by atoms with van der Waals surface area (Å²) in [7, 11) is 0. The molecule has 3 aliphatic rings. The average Bonchev–Trinajstić information content (AvgIpc) is 3.29. The van der Waals surface area contributed by atoms with E-state index in [0.29, 0.717) is 11.6 Å². The summed E-state index contributed by atoms with van der Waals surface area (Å²) in [6, 6.07) is 0. The number of unbranched alkanes of at least 4 members (excludes halogenated alkanes) is 8. The van der Waals surface area contributed by atoms with Crippen LogP contribution in [0, 0.1) is 22.2 Å². The summed E-state index contributed by atoms with van der Waals surface area (Å²) in [5.41, 5.74) is -0.161. The number of hydrogen-bond acceptors (Lipinski definition) is 2. The summed E-state index contributed by atoms with van der Waals surface area (Å²) in [6.07, 6.45) is 24.4. The van der Waals surface area contributed by atoms with E-state index in [9.17, 15) is 9.59 Å². The van der Waals surface area contributed by atoms with Gasteiger partial charge in [0.25, 0.3) is 0 Å². The number of carbonyl (C=O) groups excluding carboxylic acids is 2. The molecule has 0 aromatic carbocycles. The van der Waals surface area contributed by atoms with Crippen LogP contribution < -0.4 is 0 Å². The molecule has 3 rings (SSSR count). The summed E-state index contributed by atoms with van der Waals surface area (Å²) in [6.45, 7) is 8.92. The molecule has 0 heterocycles. The van der Waals surface area contributed by atoms with Crippen LogP contribution in [-0.4, -0.2) is 11.6 Å². The first-order chi connectivity index (χ1) is 15.5. The summed E-state index contributed by atoms with van der Waals surface area (Å²) >= 11 is 0. The lowest BCUT2D eigenvalue weighted by Crippen LogP contribution is -2.43. The average molecular weight is 441 g/mol. The quantitative estimate of drug-likeness (QED) is 0.178. The summed E-state index contributed by atoms with van der Waals surface area (Å²) < 4.78 is 0.